The minimum atomic E-state index is -0.459. The van der Waals surface area contributed by atoms with Gasteiger partial charge in [-0.2, -0.15) is 9.97 Å². The molecule has 3 rings (SSSR count). The summed E-state index contributed by atoms with van der Waals surface area (Å²) in [5.74, 6) is -0.340. The molecule has 0 aliphatic heterocycles. The van der Waals surface area contributed by atoms with E-state index in [1.807, 2.05) is 6.07 Å². The lowest BCUT2D eigenvalue weighted by molar-refractivity contribution is 0.406. The van der Waals surface area contributed by atoms with Crippen molar-refractivity contribution in [3.63, 3.8) is 0 Å². The van der Waals surface area contributed by atoms with Gasteiger partial charge in [0.15, 0.2) is 11.6 Å². The fourth-order valence-electron chi connectivity index (χ4n) is 2.91. The number of pyridine rings is 1. The zero-order chi connectivity index (χ0) is 19.6. The molecule has 0 N–H and O–H groups in total. The normalized spacial score (nSPS) is 10.9. The third kappa shape index (κ3) is 4.05. The van der Waals surface area contributed by atoms with Crippen LogP contribution >= 0.6 is 0 Å². The molecule has 6 heteroatoms. The van der Waals surface area contributed by atoms with Crippen LogP contribution in [0.2, 0.25) is 0 Å². The van der Waals surface area contributed by atoms with Crippen molar-refractivity contribution < 1.29 is 9.13 Å². The minimum Gasteiger partial charge on any atom is -0.421 e. The standard InChI is InChI=1S/C21H22FN3O2/c1-5-7-16-11-18(15-10-14(3)20(26)25(4)12-15)24-21(23-16)27-19-13(2)8-6-9-17(19)22/h6,8-12H,5,7H2,1-4H3. The van der Waals surface area contributed by atoms with Gasteiger partial charge in [0.25, 0.3) is 5.56 Å². The molecule has 140 valence electrons. The quantitative estimate of drug-likeness (QED) is 0.673. The van der Waals surface area contributed by atoms with E-state index in [9.17, 15) is 9.18 Å². The van der Waals surface area contributed by atoms with Crippen LogP contribution in [0.1, 0.15) is 30.2 Å². The van der Waals surface area contributed by atoms with Gasteiger partial charge in [-0.25, -0.2) is 4.39 Å². The van der Waals surface area contributed by atoms with Gasteiger partial charge in [-0.15, -0.1) is 0 Å². The van der Waals surface area contributed by atoms with Crippen LogP contribution in [-0.2, 0) is 13.5 Å². The maximum absolute atomic E-state index is 14.1. The van der Waals surface area contributed by atoms with Crippen molar-refractivity contribution in [2.24, 2.45) is 7.05 Å². The highest BCUT2D eigenvalue weighted by Gasteiger charge is 2.14. The highest BCUT2D eigenvalue weighted by atomic mass is 19.1. The minimum absolute atomic E-state index is 0.0555. The number of rotatable bonds is 5. The van der Waals surface area contributed by atoms with Crippen LogP contribution in [0.25, 0.3) is 11.3 Å². The third-order valence-corrected chi connectivity index (χ3v) is 4.28. The van der Waals surface area contributed by atoms with Crippen LogP contribution in [0.4, 0.5) is 4.39 Å². The largest absolute Gasteiger partial charge is 0.421 e. The molecule has 2 aromatic heterocycles. The molecule has 0 saturated carbocycles. The Balaban J connectivity index is 2.09. The summed E-state index contributed by atoms with van der Waals surface area (Å²) in [6, 6.07) is 8.50. The van der Waals surface area contributed by atoms with Gasteiger partial charge < -0.3 is 9.30 Å². The zero-order valence-corrected chi connectivity index (χ0v) is 15.9. The van der Waals surface area contributed by atoms with E-state index in [2.05, 4.69) is 16.9 Å². The molecule has 0 aliphatic rings. The summed E-state index contributed by atoms with van der Waals surface area (Å²) in [5, 5.41) is 0. The molecule has 0 amide bonds. The van der Waals surface area contributed by atoms with E-state index in [1.54, 1.807) is 45.3 Å². The molecule has 2 heterocycles. The summed E-state index contributed by atoms with van der Waals surface area (Å²) in [5.41, 5.74) is 3.45. The first-order chi connectivity index (χ1) is 12.9. The molecule has 1 aromatic carbocycles. The predicted octanol–water partition coefficient (Wildman–Crippen LogP) is 4.34. The number of hydrogen-bond donors (Lipinski definition) is 0. The molecule has 5 nitrogen and oxygen atoms in total. The molecule has 0 bridgehead atoms. The summed E-state index contributed by atoms with van der Waals surface area (Å²) in [6.45, 7) is 5.59. The molecular weight excluding hydrogens is 345 g/mol. The van der Waals surface area contributed by atoms with Crippen LogP contribution in [0.3, 0.4) is 0 Å². The van der Waals surface area contributed by atoms with E-state index in [4.69, 9.17) is 4.74 Å². The van der Waals surface area contributed by atoms with Gasteiger partial charge in [-0.3, -0.25) is 4.79 Å². The number of ether oxygens (including phenoxy) is 1. The van der Waals surface area contributed by atoms with Crippen molar-refractivity contribution in [1.29, 1.82) is 0 Å². The van der Waals surface area contributed by atoms with E-state index in [1.165, 1.54) is 10.6 Å². The van der Waals surface area contributed by atoms with Gasteiger partial charge in [-0.05, 0) is 44.0 Å². The first kappa shape index (κ1) is 18.8. The zero-order valence-electron chi connectivity index (χ0n) is 15.9. The topological polar surface area (TPSA) is 57.0 Å². The molecular formula is C21H22FN3O2. The monoisotopic (exact) mass is 367 g/mol. The van der Waals surface area contributed by atoms with Crippen molar-refractivity contribution in [2.45, 2.75) is 33.6 Å². The van der Waals surface area contributed by atoms with E-state index in [-0.39, 0.29) is 17.3 Å². The van der Waals surface area contributed by atoms with Crippen LogP contribution in [0.15, 0.2) is 41.3 Å². The second-order valence-corrected chi connectivity index (χ2v) is 6.59. The molecule has 27 heavy (non-hydrogen) atoms. The van der Waals surface area contributed by atoms with E-state index < -0.39 is 5.82 Å². The Kier molecular flexibility index (Phi) is 5.35. The van der Waals surface area contributed by atoms with E-state index in [0.717, 1.165) is 24.1 Å². The van der Waals surface area contributed by atoms with Crippen LogP contribution in [-0.4, -0.2) is 14.5 Å². The Morgan fingerprint density at radius 2 is 1.93 bits per heavy atom. The number of hydrogen-bond acceptors (Lipinski definition) is 4. The van der Waals surface area contributed by atoms with Crippen LogP contribution in [0.5, 0.6) is 11.8 Å². The number of aromatic nitrogens is 3. The molecule has 3 aromatic rings. The smallest absolute Gasteiger partial charge is 0.322 e. The van der Waals surface area contributed by atoms with Gasteiger partial charge >= 0.3 is 6.01 Å². The molecule has 0 spiro atoms. The summed E-state index contributed by atoms with van der Waals surface area (Å²) >= 11 is 0. The van der Waals surface area contributed by atoms with Crippen molar-refractivity contribution in [1.82, 2.24) is 14.5 Å². The van der Waals surface area contributed by atoms with Gasteiger partial charge in [-0.1, -0.05) is 25.5 Å². The van der Waals surface area contributed by atoms with Crippen molar-refractivity contribution in [3.05, 3.63) is 69.5 Å². The number of aryl methyl sites for hydroxylation is 4. The highest BCUT2D eigenvalue weighted by Crippen LogP contribution is 2.28. The molecule has 0 unspecified atom stereocenters. The lowest BCUT2D eigenvalue weighted by Gasteiger charge is -2.12. The molecule has 0 aliphatic carbocycles. The van der Waals surface area contributed by atoms with Crippen molar-refractivity contribution >= 4 is 0 Å². The number of halogens is 1. The lowest BCUT2D eigenvalue weighted by atomic mass is 10.1. The number of para-hydroxylation sites is 1. The fraction of sp³-hybridized carbons (Fsp3) is 0.286. The highest BCUT2D eigenvalue weighted by molar-refractivity contribution is 5.59. The van der Waals surface area contributed by atoms with E-state index in [0.29, 0.717) is 16.8 Å². The lowest BCUT2D eigenvalue weighted by Crippen LogP contribution is -2.18. The summed E-state index contributed by atoms with van der Waals surface area (Å²) < 4.78 is 21.4. The Morgan fingerprint density at radius 3 is 2.59 bits per heavy atom. The SMILES string of the molecule is CCCc1cc(-c2cc(C)c(=O)n(C)c2)nc(Oc2c(C)cccc2F)n1. The maximum atomic E-state index is 14.1. The summed E-state index contributed by atoms with van der Waals surface area (Å²) in [7, 11) is 1.70. The third-order valence-electron chi connectivity index (χ3n) is 4.28. The molecule has 0 saturated heterocycles. The Hall–Kier alpha value is -3.02. The molecule has 0 atom stereocenters. The second-order valence-electron chi connectivity index (χ2n) is 6.59. The first-order valence-corrected chi connectivity index (χ1v) is 8.87. The summed E-state index contributed by atoms with van der Waals surface area (Å²) in [4.78, 5) is 20.8. The summed E-state index contributed by atoms with van der Waals surface area (Å²) in [6.07, 6.45) is 3.37. The van der Waals surface area contributed by atoms with Crippen LogP contribution < -0.4 is 10.3 Å². The van der Waals surface area contributed by atoms with Gasteiger partial charge in [0.1, 0.15) is 0 Å². The average Bonchev–Trinajstić information content (AvgIpc) is 2.62. The van der Waals surface area contributed by atoms with E-state index >= 15 is 0 Å². The van der Waals surface area contributed by atoms with Crippen molar-refractivity contribution in [3.8, 4) is 23.0 Å². The predicted molar refractivity (Wildman–Crippen MR) is 103 cm³/mol. The molecule has 0 fully saturated rings. The van der Waals surface area contributed by atoms with Gasteiger partial charge in [0.05, 0.1) is 5.69 Å². The molecule has 0 radical (unpaired) electrons. The first-order valence-electron chi connectivity index (χ1n) is 8.87. The van der Waals surface area contributed by atoms with Gasteiger partial charge in [0, 0.05) is 30.1 Å². The fourth-order valence-corrected chi connectivity index (χ4v) is 2.91. The maximum Gasteiger partial charge on any atom is 0.322 e. The van der Waals surface area contributed by atoms with Crippen LogP contribution in [0, 0.1) is 19.7 Å². The Labute approximate surface area is 157 Å². The second kappa shape index (κ2) is 7.70. The number of benzene rings is 1. The van der Waals surface area contributed by atoms with Crippen molar-refractivity contribution in [2.75, 3.05) is 0 Å². The number of nitrogens with zero attached hydrogens (tertiary/aromatic N) is 3. The van der Waals surface area contributed by atoms with Gasteiger partial charge in [0.2, 0.25) is 0 Å². The Bertz CT molecular complexity index is 998. The Morgan fingerprint density at radius 1 is 1.15 bits per heavy atom. The average molecular weight is 367 g/mol.